The lowest BCUT2D eigenvalue weighted by Crippen LogP contribution is -2.30. The highest BCUT2D eigenvalue weighted by Crippen LogP contribution is 2.22. The molecule has 4 rings (SSSR count). The number of hydrogen-bond acceptors (Lipinski definition) is 3. The van der Waals surface area contributed by atoms with E-state index in [9.17, 15) is 4.79 Å². The van der Waals surface area contributed by atoms with E-state index in [1.54, 1.807) is 12.4 Å². The summed E-state index contributed by atoms with van der Waals surface area (Å²) in [5.41, 5.74) is 9.73. The molecule has 0 atom stereocenters. The molecule has 26 heavy (non-hydrogen) atoms. The molecule has 1 saturated carbocycles. The molecule has 134 valence electrons. The zero-order chi connectivity index (χ0) is 17.9. The van der Waals surface area contributed by atoms with Gasteiger partial charge in [0.25, 0.3) is 5.91 Å². The van der Waals surface area contributed by atoms with Crippen molar-refractivity contribution in [1.29, 1.82) is 0 Å². The van der Waals surface area contributed by atoms with E-state index in [4.69, 9.17) is 5.73 Å². The van der Waals surface area contributed by atoms with Crippen molar-refractivity contribution >= 4 is 16.9 Å². The summed E-state index contributed by atoms with van der Waals surface area (Å²) >= 11 is 0. The Hall–Kier alpha value is -2.66. The van der Waals surface area contributed by atoms with Gasteiger partial charge in [-0.3, -0.25) is 9.36 Å². The van der Waals surface area contributed by atoms with Crippen molar-refractivity contribution in [1.82, 2.24) is 14.9 Å². The first-order chi connectivity index (χ1) is 12.7. The van der Waals surface area contributed by atoms with Crippen LogP contribution < -0.4 is 11.1 Å². The van der Waals surface area contributed by atoms with Crippen LogP contribution in [0, 0.1) is 0 Å². The predicted molar refractivity (Wildman–Crippen MR) is 103 cm³/mol. The molecule has 1 aromatic heterocycles. The molecule has 1 aliphatic carbocycles. The van der Waals surface area contributed by atoms with E-state index in [1.165, 1.54) is 37.7 Å². The molecule has 3 N–H and O–H groups in total. The standard InChI is InChI=1S/C21H24N4O/c22-21(26)18-7-4-8-19-20(18)24-14-25(19)17-11-9-15(10-12-17)13-23-16-5-2-1-3-6-16/h4,7-12,14,16,23H,1-3,5-6,13H2,(H2,22,26). The maximum Gasteiger partial charge on any atom is 0.250 e. The van der Waals surface area contributed by atoms with Crippen molar-refractivity contribution in [2.75, 3.05) is 0 Å². The Balaban J connectivity index is 1.52. The van der Waals surface area contributed by atoms with Gasteiger partial charge in [-0.25, -0.2) is 4.98 Å². The zero-order valence-corrected chi connectivity index (χ0v) is 14.8. The van der Waals surface area contributed by atoms with Gasteiger partial charge < -0.3 is 11.1 Å². The smallest absolute Gasteiger partial charge is 0.250 e. The quantitative estimate of drug-likeness (QED) is 0.740. The van der Waals surface area contributed by atoms with Crippen molar-refractivity contribution in [2.45, 2.75) is 44.7 Å². The number of imidazole rings is 1. The first kappa shape index (κ1) is 16.8. The molecule has 1 amide bonds. The van der Waals surface area contributed by atoms with E-state index in [0.29, 0.717) is 17.1 Å². The number of primary amides is 1. The number of amides is 1. The van der Waals surface area contributed by atoms with Gasteiger partial charge in [0.05, 0.1) is 11.1 Å². The number of rotatable bonds is 5. The minimum absolute atomic E-state index is 0.453. The lowest BCUT2D eigenvalue weighted by molar-refractivity contribution is 0.100. The topological polar surface area (TPSA) is 72.9 Å². The average molecular weight is 348 g/mol. The molecule has 0 aliphatic heterocycles. The number of carbonyl (C=O) groups is 1. The zero-order valence-electron chi connectivity index (χ0n) is 14.8. The highest BCUT2D eigenvalue weighted by molar-refractivity contribution is 6.04. The number of nitrogens with one attached hydrogen (secondary N) is 1. The van der Waals surface area contributed by atoms with Crippen molar-refractivity contribution in [3.8, 4) is 5.69 Å². The maximum atomic E-state index is 11.6. The van der Waals surface area contributed by atoms with Crippen LogP contribution in [0.15, 0.2) is 48.8 Å². The first-order valence-electron chi connectivity index (χ1n) is 9.31. The average Bonchev–Trinajstić information content (AvgIpc) is 3.11. The summed E-state index contributed by atoms with van der Waals surface area (Å²) in [5.74, 6) is -0.454. The summed E-state index contributed by atoms with van der Waals surface area (Å²) < 4.78 is 1.99. The van der Waals surface area contributed by atoms with E-state index >= 15 is 0 Å². The largest absolute Gasteiger partial charge is 0.366 e. The second kappa shape index (κ2) is 7.30. The SMILES string of the molecule is NC(=O)c1cccc2c1ncn2-c1ccc(CNC2CCCCC2)cc1. The minimum atomic E-state index is -0.454. The number of carbonyl (C=O) groups excluding carboxylic acids is 1. The third kappa shape index (κ3) is 3.35. The summed E-state index contributed by atoms with van der Waals surface area (Å²) in [7, 11) is 0. The Morgan fingerprint density at radius 3 is 2.62 bits per heavy atom. The van der Waals surface area contributed by atoms with E-state index in [2.05, 4.69) is 34.6 Å². The molecule has 0 bridgehead atoms. The van der Waals surface area contributed by atoms with Crippen LogP contribution in [-0.4, -0.2) is 21.5 Å². The van der Waals surface area contributed by atoms with Gasteiger partial charge in [0, 0.05) is 18.3 Å². The Kier molecular flexibility index (Phi) is 4.71. The fraction of sp³-hybridized carbons (Fsp3) is 0.333. The van der Waals surface area contributed by atoms with Crippen LogP contribution in [0.1, 0.15) is 48.0 Å². The number of para-hydroxylation sites is 1. The van der Waals surface area contributed by atoms with Gasteiger partial charge >= 0.3 is 0 Å². The van der Waals surface area contributed by atoms with Gasteiger partial charge in [0.1, 0.15) is 11.8 Å². The minimum Gasteiger partial charge on any atom is -0.366 e. The van der Waals surface area contributed by atoms with Crippen molar-refractivity contribution in [3.05, 3.63) is 59.9 Å². The van der Waals surface area contributed by atoms with Crippen LogP contribution in [0.2, 0.25) is 0 Å². The number of fused-ring (bicyclic) bond motifs is 1. The number of nitrogens with two attached hydrogens (primary N) is 1. The summed E-state index contributed by atoms with van der Waals surface area (Å²) in [4.78, 5) is 16.0. The lowest BCUT2D eigenvalue weighted by Gasteiger charge is -2.22. The number of hydrogen-bond donors (Lipinski definition) is 2. The van der Waals surface area contributed by atoms with Crippen molar-refractivity contribution < 1.29 is 4.79 Å². The fourth-order valence-electron chi connectivity index (χ4n) is 3.79. The van der Waals surface area contributed by atoms with Crippen LogP contribution in [0.5, 0.6) is 0 Å². The van der Waals surface area contributed by atoms with E-state index in [1.807, 2.05) is 16.7 Å². The monoisotopic (exact) mass is 348 g/mol. The van der Waals surface area contributed by atoms with Gasteiger partial charge in [0.2, 0.25) is 0 Å². The number of benzene rings is 2. The molecule has 1 aliphatic rings. The number of nitrogens with zero attached hydrogens (tertiary/aromatic N) is 2. The lowest BCUT2D eigenvalue weighted by atomic mass is 9.95. The summed E-state index contributed by atoms with van der Waals surface area (Å²) in [5, 5.41) is 3.67. The summed E-state index contributed by atoms with van der Waals surface area (Å²) in [6, 6.07) is 14.6. The molecule has 1 fully saturated rings. The molecule has 0 saturated heterocycles. The Morgan fingerprint density at radius 2 is 1.88 bits per heavy atom. The third-order valence-corrected chi connectivity index (χ3v) is 5.26. The van der Waals surface area contributed by atoms with Crippen LogP contribution in [-0.2, 0) is 6.54 Å². The van der Waals surface area contributed by atoms with E-state index in [-0.39, 0.29) is 0 Å². The number of aromatic nitrogens is 2. The predicted octanol–water partition coefficient (Wildman–Crippen LogP) is 3.55. The van der Waals surface area contributed by atoms with Gasteiger partial charge in [-0.2, -0.15) is 0 Å². The fourth-order valence-corrected chi connectivity index (χ4v) is 3.79. The second-order valence-corrected chi connectivity index (χ2v) is 7.03. The van der Waals surface area contributed by atoms with Crippen LogP contribution in [0.4, 0.5) is 0 Å². The highest BCUT2D eigenvalue weighted by atomic mass is 16.1. The van der Waals surface area contributed by atoms with Crippen molar-refractivity contribution in [2.24, 2.45) is 5.73 Å². The van der Waals surface area contributed by atoms with Crippen LogP contribution >= 0.6 is 0 Å². The molecule has 5 nitrogen and oxygen atoms in total. The highest BCUT2D eigenvalue weighted by Gasteiger charge is 2.13. The van der Waals surface area contributed by atoms with E-state index in [0.717, 1.165) is 17.7 Å². The molecule has 0 radical (unpaired) electrons. The molecule has 3 aromatic rings. The summed E-state index contributed by atoms with van der Waals surface area (Å²) in [6.45, 7) is 0.904. The first-order valence-corrected chi connectivity index (χ1v) is 9.31. The van der Waals surface area contributed by atoms with Crippen LogP contribution in [0.3, 0.4) is 0 Å². The normalized spacial score (nSPS) is 15.4. The molecule has 1 heterocycles. The molecule has 0 unspecified atom stereocenters. The van der Waals surface area contributed by atoms with Gasteiger partial charge in [-0.05, 0) is 42.7 Å². The van der Waals surface area contributed by atoms with Crippen molar-refractivity contribution in [3.63, 3.8) is 0 Å². The van der Waals surface area contributed by atoms with Gasteiger partial charge in [0.15, 0.2) is 0 Å². The molecular formula is C21H24N4O. The summed E-state index contributed by atoms with van der Waals surface area (Å²) in [6.07, 6.45) is 8.40. The van der Waals surface area contributed by atoms with Crippen LogP contribution in [0.25, 0.3) is 16.7 Å². The Morgan fingerprint density at radius 1 is 1.12 bits per heavy atom. The molecule has 0 spiro atoms. The van der Waals surface area contributed by atoms with Gasteiger partial charge in [-0.15, -0.1) is 0 Å². The third-order valence-electron chi connectivity index (χ3n) is 5.26. The Bertz CT molecular complexity index is 907. The van der Waals surface area contributed by atoms with Gasteiger partial charge in [-0.1, -0.05) is 37.5 Å². The second-order valence-electron chi connectivity index (χ2n) is 7.03. The molecule has 5 heteroatoms. The molecule has 2 aromatic carbocycles. The maximum absolute atomic E-state index is 11.6. The Labute approximate surface area is 153 Å². The molecular weight excluding hydrogens is 324 g/mol. The van der Waals surface area contributed by atoms with E-state index < -0.39 is 5.91 Å².